The van der Waals surface area contributed by atoms with Crippen LogP contribution >= 0.6 is 0 Å². The van der Waals surface area contributed by atoms with Crippen molar-refractivity contribution in [3.8, 4) is 45.4 Å². The van der Waals surface area contributed by atoms with E-state index in [4.69, 9.17) is 19.7 Å². The van der Waals surface area contributed by atoms with Gasteiger partial charge in [-0.15, -0.1) is 0 Å². The van der Waals surface area contributed by atoms with Crippen LogP contribution in [-0.2, 0) is 16.2 Å². The number of rotatable bonds is 4. The second-order valence-corrected chi connectivity index (χ2v) is 20.8. The van der Waals surface area contributed by atoms with Gasteiger partial charge in [-0.25, -0.2) is 15.0 Å². The standard InChI is InChI=1S/C60H53N3O/c1-36-28-38-29-37(2)34-59(33-36,35-38)57-62-55(61-56(63-57)42-24-26-45-43-16-5-7-18-47(43)58(3,4)52(45)32-42)41-15-13-14-39(30-41)40-25-27-49-46(31-40)44-17-6-8-19-48(44)60(49)50-20-9-11-22-53(50)64-54-23-12-10-21-51(54)60/h5-27,30-32,36-38,46,49H,28-29,33-35H2,1-4H3/t36-,37?,38+,46?,49?,59?/m0/s1. The third kappa shape index (κ3) is 5.44. The number of allylic oxidation sites excluding steroid dienone is 4. The van der Waals surface area contributed by atoms with Crippen LogP contribution in [0.3, 0.4) is 0 Å². The summed E-state index contributed by atoms with van der Waals surface area (Å²) in [6.07, 6.45) is 13.4. The molecule has 5 aliphatic carbocycles. The van der Waals surface area contributed by atoms with Crippen LogP contribution in [0.1, 0.15) is 110 Å². The summed E-state index contributed by atoms with van der Waals surface area (Å²) in [5.74, 6) is 6.81. The topological polar surface area (TPSA) is 47.9 Å². The molecule has 0 N–H and O–H groups in total. The first-order valence-electron chi connectivity index (χ1n) is 23.7. The third-order valence-corrected chi connectivity index (χ3v) is 16.4. The largest absolute Gasteiger partial charge is 0.457 e. The van der Waals surface area contributed by atoms with Gasteiger partial charge in [0.05, 0.1) is 5.41 Å². The first kappa shape index (κ1) is 38.1. The summed E-state index contributed by atoms with van der Waals surface area (Å²) >= 11 is 0. The van der Waals surface area contributed by atoms with Crippen molar-refractivity contribution in [3.63, 3.8) is 0 Å². The fourth-order valence-electron chi connectivity index (χ4n) is 14.1. The summed E-state index contributed by atoms with van der Waals surface area (Å²) in [5.41, 5.74) is 14.5. The van der Waals surface area contributed by atoms with E-state index in [1.54, 1.807) is 0 Å². The molecule has 2 saturated carbocycles. The Kier molecular flexibility index (Phi) is 8.22. The number of ether oxygens (including phenoxy) is 1. The van der Waals surface area contributed by atoms with Gasteiger partial charge < -0.3 is 4.74 Å². The number of hydrogen-bond donors (Lipinski definition) is 0. The highest BCUT2D eigenvalue weighted by atomic mass is 16.5. The SMILES string of the molecule is CC1C[C@H]2C[C@H](C)CC(c3nc(-c4cccc(C5=CC6c7ccccc7C7(c8ccccc8Oc8ccccc87)C6C=C5)c4)nc(-c4ccc5c(c4)C(C)(C)c4ccccc4-5)n3)(C1)C2. The molecule has 4 heteroatoms. The molecule has 2 heterocycles. The van der Waals surface area contributed by atoms with Crippen LogP contribution in [0.5, 0.6) is 11.5 Å². The Balaban J connectivity index is 0.934. The van der Waals surface area contributed by atoms with Gasteiger partial charge in [-0.05, 0) is 119 Å². The van der Waals surface area contributed by atoms with Gasteiger partial charge >= 0.3 is 0 Å². The van der Waals surface area contributed by atoms with E-state index in [1.807, 2.05) is 0 Å². The molecule has 6 aromatic carbocycles. The minimum atomic E-state index is -0.369. The van der Waals surface area contributed by atoms with E-state index >= 15 is 0 Å². The van der Waals surface area contributed by atoms with Crippen molar-refractivity contribution in [2.24, 2.45) is 23.7 Å². The molecule has 314 valence electrons. The maximum atomic E-state index is 6.61. The minimum absolute atomic E-state index is 0.0485. The maximum Gasteiger partial charge on any atom is 0.163 e. The van der Waals surface area contributed by atoms with Crippen LogP contribution in [0.15, 0.2) is 158 Å². The lowest BCUT2D eigenvalue weighted by molar-refractivity contribution is 0.0720. The lowest BCUT2D eigenvalue weighted by Gasteiger charge is -2.49. The molecular weight excluding hydrogens is 779 g/mol. The van der Waals surface area contributed by atoms with Gasteiger partial charge in [-0.2, -0.15) is 0 Å². The molecule has 0 saturated heterocycles. The van der Waals surface area contributed by atoms with E-state index in [2.05, 4.69) is 185 Å². The number of benzene rings is 6. The van der Waals surface area contributed by atoms with E-state index in [0.29, 0.717) is 11.8 Å². The predicted molar refractivity (Wildman–Crippen MR) is 257 cm³/mol. The van der Waals surface area contributed by atoms with Crippen molar-refractivity contribution < 1.29 is 4.74 Å². The molecular formula is C60H53N3O. The maximum absolute atomic E-state index is 6.61. The zero-order valence-corrected chi connectivity index (χ0v) is 37.2. The first-order valence-corrected chi connectivity index (χ1v) is 23.7. The van der Waals surface area contributed by atoms with Gasteiger partial charge in [0.25, 0.3) is 0 Å². The number of aromatic nitrogens is 3. The van der Waals surface area contributed by atoms with Crippen LogP contribution in [0.25, 0.3) is 39.5 Å². The van der Waals surface area contributed by atoms with E-state index in [1.165, 1.54) is 74.9 Å². The van der Waals surface area contributed by atoms with Crippen LogP contribution in [0.4, 0.5) is 0 Å². The molecule has 0 amide bonds. The lowest BCUT2D eigenvalue weighted by Crippen LogP contribution is -2.43. The molecule has 2 fully saturated rings. The number of para-hydroxylation sites is 2. The Hall–Kier alpha value is -6.39. The quantitative estimate of drug-likeness (QED) is 0.177. The second-order valence-electron chi connectivity index (χ2n) is 20.8. The Bertz CT molecular complexity index is 3070. The molecule has 0 radical (unpaired) electrons. The summed E-state index contributed by atoms with van der Waals surface area (Å²) in [7, 11) is 0. The van der Waals surface area contributed by atoms with E-state index in [-0.39, 0.29) is 28.1 Å². The summed E-state index contributed by atoms with van der Waals surface area (Å²) in [4.78, 5) is 16.5. The summed E-state index contributed by atoms with van der Waals surface area (Å²) in [6, 6.07) is 51.2. The van der Waals surface area contributed by atoms with Gasteiger partial charge in [0.1, 0.15) is 17.3 Å². The average molecular weight is 832 g/mol. The smallest absolute Gasteiger partial charge is 0.163 e. The molecule has 2 bridgehead atoms. The van der Waals surface area contributed by atoms with Crippen molar-refractivity contribution in [1.82, 2.24) is 15.0 Å². The number of nitrogens with zero attached hydrogens (tertiary/aromatic N) is 3. The molecule has 7 aromatic rings. The van der Waals surface area contributed by atoms with Crippen molar-refractivity contribution >= 4 is 5.57 Å². The average Bonchev–Trinajstić information content (AvgIpc) is 3.73. The zero-order chi connectivity index (χ0) is 43.0. The molecule has 4 nitrogen and oxygen atoms in total. The highest BCUT2D eigenvalue weighted by Gasteiger charge is 2.57. The number of hydrogen-bond acceptors (Lipinski definition) is 4. The van der Waals surface area contributed by atoms with Crippen molar-refractivity contribution in [2.45, 2.75) is 82.0 Å². The summed E-state index contributed by atoms with van der Waals surface area (Å²) in [5, 5.41) is 0. The molecule has 1 spiro atoms. The molecule has 64 heavy (non-hydrogen) atoms. The van der Waals surface area contributed by atoms with Crippen molar-refractivity contribution in [3.05, 3.63) is 203 Å². The van der Waals surface area contributed by atoms with Crippen molar-refractivity contribution in [1.29, 1.82) is 0 Å². The van der Waals surface area contributed by atoms with Gasteiger partial charge in [-0.1, -0.05) is 161 Å². The molecule has 6 atom stereocenters. The Morgan fingerprint density at radius 3 is 1.89 bits per heavy atom. The van der Waals surface area contributed by atoms with Crippen molar-refractivity contribution in [2.75, 3.05) is 0 Å². The Morgan fingerprint density at radius 1 is 0.547 bits per heavy atom. The number of fused-ring (bicyclic) bond motifs is 14. The van der Waals surface area contributed by atoms with Crippen LogP contribution in [-0.4, -0.2) is 15.0 Å². The van der Waals surface area contributed by atoms with Crippen LogP contribution in [0, 0.1) is 23.7 Å². The Morgan fingerprint density at radius 2 is 1.16 bits per heavy atom. The summed E-state index contributed by atoms with van der Waals surface area (Å²) in [6.45, 7) is 9.60. The lowest BCUT2D eigenvalue weighted by atomic mass is 9.56. The van der Waals surface area contributed by atoms with Gasteiger partial charge in [-0.3, -0.25) is 0 Å². The third-order valence-electron chi connectivity index (χ3n) is 16.4. The monoisotopic (exact) mass is 831 g/mol. The highest BCUT2D eigenvalue weighted by molar-refractivity contribution is 5.84. The zero-order valence-electron chi connectivity index (χ0n) is 37.2. The van der Waals surface area contributed by atoms with Gasteiger partial charge in [0.2, 0.25) is 0 Å². The van der Waals surface area contributed by atoms with Crippen LogP contribution < -0.4 is 4.74 Å². The normalized spacial score (nSPS) is 25.8. The molecule has 1 aromatic heterocycles. The van der Waals surface area contributed by atoms with Gasteiger partial charge in [0, 0.05) is 44.9 Å². The predicted octanol–water partition coefficient (Wildman–Crippen LogP) is 14.4. The molecule has 1 aliphatic heterocycles. The second kappa shape index (κ2) is 13.8. The van der Waals surface area contributed by atoms with Gasteiger partial charge in [0.15, 0.2) is 11.6 Å². The highest BCUT2D eigenvalue weighted by Crippen LogP contribution is 2.65. The molecule has 13 rings (SSSR count). The fourth-order valence-corrected chi connectivity index (χ4v) is 14.1. The van der Waals surface area contributed by atoms with E-state index < -0.39 is 0 Å². The molecule has 6 aliphatic rings. The van der Waals surface area contributed by atoms with Crippen LogP contribution in [0.2, 0.25) is 0 Å². The van der Waals surface area contributed by atoms with E-state index in [9.17, 15) is 0 Å². The minimum Gasteiger partial charge on any atom is -0.457 e. The van der Waals surface area contributed by atoms with E-state index in [0.717, 1.165) is 58.9 Å². The first-order chi connectivity index (χ1) is 31.2. The fraction of sp³-hybridized carbons (Fsp3) is 0.283. The molecule has 4 unspecified atom stereocenters. The Labute approximate surface area is 377 Å². The summed E-state index contributed by atoms with van der Waals surface area (Å²) < 4.78 is 6.61.